The normalized spacial score (nSPS) is 21.0. The highest BCUT2D eigenvalue weighted by Gasteiger charge is 2.39. The van der Waals surface area contributed by atoms with E-state index in [0.717, 1.165) is 44.9 Å². The van der Waals surface area contributed by atoms with E-state index in [1.807, 2.05) is 12.1 Å². The zero-order chi connectivity index (χ0) is 23.7. The summed E-state index contributed by atoms with van der Waals surface area (Å²) in [5.41, 5.74) is 1.15. The zero-order valence-corrected chi connectivity index (χ0v) is 20.1. The molecule has 3 aromatic rings. The summed E-state index contributed by atoms with van der Waals surface area (Å²) >= 11 is 6.54. The highest BCUT2D eigenvalue weighted by molar-refractivity contribution is 6.37. The predicted octanol–water partition coefficient (Wildman–Crippen LogP) is 3.94. The molecule has 1 atom stereocenters. The van der Waals surface area contributed by atoms with Gasteiger partial charge in [-0.05, 0) is 31.9 Å². The maximum Gasteiger partial charge on any atom is 0.253 e. The van der Waals surface area contributed by atoms with Gasteiger partial charge in [0.25, 0.3) is 5.91 Å². The van der Waals surface area contributed by atoms with Gasteiger partial charge in [0.1, 0.15) is 0 Å². The molecule has 2 aliphatic rings. The second-order valence-electron chi connectivity index (χ2n) is 9.52. The molecule has 1 aromatic carbocycles. The molecule has 2 aromatic heterocycles. The van der Waals surface area contributed by atoms with Crippen LogP contribution in [0.4, 0.5) is 4.39 Å². The molecular formula is C25H30ClFN6O. The molecule has 0 bridgehead atoms. The van der Waals surface area contributed by atoms with Crippen molar-refractivity contribution in [3.8, 4) is 5.95 Å². The van der Waals surface area contributed by atoms with E-state index in [0.29, 0.717) is 34.1 Å². The Labute approximate surface area is 203 Å². The lowest BCUT2D eigenvalue weighted by molar-refractivity contribution is 0.0273. The summed E-state index contributed by atoms with van der Waals surface area (Å²) in [5, 5.41) is 7.89. The molecule has 180 valence electrons. The van der Waals surface area contributed by atoms with Gasteiger partial charge in [0.15, 0.2) is 5.82 Å². The van der Waals surface area contributed by atoms with Crippen molar-refractivity contribution in [2.75, 3.05) is 26.2 Å². The molecule has 7 nitrogen and oxygen atoms in total. The Kier molecular flexibility index (Phi) is 6.55. The van der Waals surface area contributed by atoms with Crippen molar-refractivity contribution in [3.05, 3.63) is 53.2 Å². The van der Waals surface area contributed by atoms with E-state index in [9.17, 15) is 9.18 Å². The molecule has 2 fully saturated rings. The van der Waals surface area contributed by atoms with Gasteiger partial charge in [0.05, 0.1) is 28.5 Å². The molecule has 0 spiro atoms. The number of carbonyl (C=O) groups is 1. The van der Waals surface area contributed by atoms with E-state index in [4.69, 9.17) is 11.6 Å². The van der Waals surface area contributed by atoms with Crippen molar-refractivity contribution in [1.29, 1.82) is 0 Å². The van der Waals surface area contributed by atoms with Gasteiger partial charge in [0.2, 0.25) is 5.95 Å². The van der Waals surface area contributed by atoms with Gasteiger partial charge in [-0.25, -0.2) is 14.4 Å². The average Bonchev–Trinajstić information content (AvgIpc) is 3.25. The number of piperazine rings is 1. The highest BCUT2D eigenvalue weighted by Crippen LogP contribution is 2.35. The lowest BCUT2D eigenvalue weighted by Crippen LogP contribution is -2.63. The third kappa shape index (κ3) is 4.42. The Morgan fingerprint density at radius 1 is 1.26 bits per heavy atom. The largest absolute Gasteiger partial charge is 0.350 e. The topological polar surface area (TPSA) is 75.1 Å². The molecule has 1 amide bonds. The Morgan fingerprint density at radius 3 is 2.76 bits per heavy atom. The quantitative estimate of drug-likeness (QED) is 0.573. The fourth-order valence-electron chi connectivity index (χ4n) is 5.53. The van der Waals surface area contributed by atoms with E-state index in [2.05, 4.69) is 32.4 Å². The zero-order valence-electron chi connectivity index (χ0n) is 19.4. The van der Waals surface area contributed by atoms with E-state index in [1.54, 1.807) is 16.8 Å². The smallest absolute Gasteiger partial charge is 0.253 e. The number of carbonyl (C=O) groups excluding carboxylic acids is 1. The third-order valence-corrected chi connectivity index (χ3v) is 7.56. The summed E-state index contributed by atoms with van der Waals surface area (Å²) in [5.74, 6) is -0.408. The average molecular weight is 485 g/mol. The first-order valence-corrected chi connectivity index (χ1v) is 12.4. The molecule has 0 radical (unpaired) electrons. The van der Waals surface area contributed by atoms with Crippen molar-refractivity contribution in [2.45, 2.75) is 50.6 Å². The van der Waals surface area contributed by atoms with Crippen LogP contribution >= 0.6 is 11.6 Å². The Hall–Kier alpha value is -2.55. The number of nitrogens with zero attached hydrogens (tertiary/aromatic N) is 4. The number of rotatable bonds is 5. The van der Waals surface area contributed by atoms with Crippen LogP contribution in [0.2, 0.25) is 5.02 Å². The van der Waals surface area contributed by atoms with Crippen molar-refractivity contribution in [2.24, 2.45) is 0 Å². The Balaban J connectivity index is 1.44. The standard InChI is InChI=1S/C25H30ClFN6O/c1-17-14-32(11-10-28-17)25(8-3-2-4-9-25)16-31-23(34)19-15-33(24-29-12-18(27)13-30-24)21-7-5-6-20(26)22(19)21/h5-7,12-13,15,17,28H,2-4,8-11,14,16H2,1H3,(H,31,34)/t17-/m0/s1. The predicted molar refractivity (Wildman–Crippen MR) is 131 cm³/mol. The van der Waals surface area contributed by atoms with Gasteiger partial charge in [0, 0.05) is 49.3 Å². The number of hydrogen-bond acceptors (Lipinski definition) is 5. The number of aromatic nitrogens is 3. The lowest BCUT2D eigenvalue weighted by Gasteiger charge is -2.49. The summed E-state index contributed by atoms with van der Waals surface area (Å²) in [6.07, 6.45) is 9.71. The number of halogens is 2. The molecule has 1 saturated carbocycles. The van der Waals surface area contributed by atoms with Crippen LogP contribution in [-0.2, 0) is 0 Å². The van der Waals surface area contributed by atoms with Crippen molar-refractivity contribution < 1.29 is 9.18 Å². The van der Waals surface area contributed by atoms with Crippen LogP contribution in [0.15, 0.2) is 36.8 Å². The Morgan fingerprint density at radius 2 is 2.03 bits per heavy atom. The first-order chi connectivity index (χ1) is 16.5. The van der Waals surface area contributed by atoms with Gasteiger partial charge in [-0.1, -0.05) is 36.9 Å². The van der Waals surface area contributed by atoms with Gasteiger partial charge in [-0.3, -0.25) is 14.3 Å². The minimum atomic E-state index is -0.517. The van der Waals surface area contributed by atoms with Gasteiger partial charge >= 0.3 is 0 Å². The summed E-state index contributed by atoms with van der Waals surface area (Å²) in [6, 6.07) is 5.88. The molecule has 3 heterocycles. The van der Waals surface area contributed by atoms with Crippen molar-refractivity contribution >= 4 is 28.4 Å². The second-order valence-corrected chi connectivity index (χ2v) is 9.92. The Bertz CT molecular complexity index is 1170. The highest BCUT2D eigenvalue weighted by atomic mass is 35.5. The maximum absolute atomic E-state index is 13.5. The van der Waals surface area contributed by atoms with Crippen LogP contribution in [0.3, 0.4) is 0 Å². The van der Waals surface area contributed by atoms with Gasteiger partial charge in [-0.2, -0.15) is 0 Å². The number of benzene rings is 1. The van der Waals surface area contributed by atoms with Crippen molar-refractivity contribution in [3.63, 3.8) is 0 Å². The SMILES string of the molecule is C[C@H]1CN(C2(CNC(=O)c3cn(-c4ncc(F)cn4)c4cccc(Cl)c34)CCCCC2)CCN1. The molecular weight excluding hydrogens is 455 g/mol. The summed E-state index contributed by atoms with van der Waals surface area (Å²) in [7, 11) is 0. The molecule has 9 heteroatoms. The van der Waals surface area contributed by atoms with Crippen LogP contribution in [0, 0.1) is 5.82 Å². The minimum absolute atomic E-state index is 0.0213. The summed E-state index contributed by atoms with van der Waals surface area (Å²) in [4.78, 5) is 24.3. The van der Waals surface area contributed by atoms with Crippen LogP contribution in [0.5, 0.6) is 0 Å². The van der Waals surface area contributed by atoms with Crippen molar-refractivity contribution in [1.82, 2.24) is 30.1 Å². The number of hydrogen-bond donors (Lipinski definition) is 2. The fourth-order valence-corrected chi connectivity index (χ4v) is 5.80. The first kappa shape index (κ1) is 23.2. The summed E-state index contributed by atoms with van der Waals surface area (Å²) < 4.78 is 15.1. The van der Waals surface area contributed by atoms with Crippen LogP contribution < -0.4 is 10.6 Å². The molecule has 1 aliphatic carbocycles. The monoisotopic (exact) mass is 484 g/mol. The number of nitrogens with one attached hydrogen (secondary N) is 2. The van der Waals surface area contributed by atoms with Crippen LogP contribution in [0.25, 0.3) is 16.9 Å². The van der Waals surface area contributed by atoms with Crippen LogP contribution in [-0.4, -0.2) is 63.1 Å². The molecule has 0 unspecified atom stereocenters. The van der Waals surface area contributed by atoms with Crippen LogP contribution in [0.1, 0.15) is 49.4 Å². The fraction of sp³-hybridized carbons (Fsp3) is 0.480. The second kappa shape index (κ2) is 9.60. The molecule has 2 N–H and O–H groups in total. The van der Waals surface area contributed by atoms with Gasteiger partial charge in [-0.15, -0.1) is 0 Å². The molecule has 1 aliphatic heterocycles. The lowest BCUT2D eigenvalue weighted by atomic mass is 9.79. The van der Waals surface area contributed by atoms with E-state index in [1.165, 1.54) is 19.3 Å². The van der Waals surface area contributed by atoms with E-state index in [-0.39, 0.29) is 17.4 Å². The molecule has 34 heavy (non-hydrogen) atoms. The maximum atomic E-state index is 13.5. The van der Waals surface area contributed by atoms with E-state index >= 15 is 0 Å². The first-order valence-electron chi connectivity index (χ1n) is 12.0. The summed E-state index contributed by atoms with van der Waals surface area (Å²) in [6.45, 7) is 5.77. The molecule has 1 saturated heterocycles. The third-order valence-electron chi connectivity index (χ3n) is 7.25. The molecule has 5 rings (SSSR count). The minimum Gasteiger partial charge on any atom is -0.350 e. The van der Waals surface area contributed by atoms with Gasteiger partial charge < -0.3 is 10.6 Å². The number of amides is 1. The van der Waals surface area contributed by atoms with E-state index < -0.39 is 5.82 Å². The number of fused-ring (bicyclic) bond motifs is 1.